The first-order valence-electron chi connectivity index (χ1n) is 10.7. The summed E-state index contributed by atoms with van der Waals surface area (Å²) in [6.07, 6.45) is 0.390. The van der Waals surface area contributed by atoms with Crippen molar-refractivity contribution in [2.75, 3.05) is 7.05 Å². The van der Waals surface area contributed by atoms with Crippen molar-refractivity contribution in [1.82, 2.24) is 4.90 Å². The van der Waals surface area contributed by atoms with Gasteiger partial charge in [-0.25, -0.2) is 9.38 Å². The van der Waals surface area contributed by atoms with Crippen molar-refractivity contribution in [2.24, 2.45) is 10.7 Å². The van der Waals surface area contributed by atoms with Crippen LogP contribution >= 0.6 is 11.6 Å². The molecule has 34 heavy (non-hydrogen) atoms. The number of hydrogen-bond acceptors (Lipinski definition) is 5. The van der Waals surface area contributed by atoms with E-state index in [0.29, 0.717) is 34.4 Å². The Bertz CT molecular complexity index is 1380. The zero-order chi connectivity index (χ0) is 24.0. The van der Waals surface area contributed by atoms with Crippen LogP contribution in [0.15, 0.2) is 65.7 Å². The molecular weight excluding hydrogens is 455 g/mol. The smallest absolute Gasteiger partial charge is 0.261 e. The number of hydrogen-bond donors (Lipinski definition) is 1. The molecule has 8 heteroatoms. The molecule has 0 saturated carbocycles. The SMILES string of the molecule is CN1C(=O)[C@]2(CC(Cc3cccc(C#N)c3)Oc3ccc(-c4cc(F)cc(Cl)c4)cc32)N=C1N. The lowest BCUT2D eigenvalue weighted by Gasteiger charge is -2.37. The highest BCUT2D eigenvalue weighted by atomic mass is 35.5. The van der Waals surface area contributed by atoms with Crippen molar-refractivity contribution < 1.29 is 13.9 Å². The van der Waals surface area contributed by atoms with Gasteiger partial charge in [-0.1, -0.05) is 29.8 Å². The minimum absolute atomic E-state index is 0.127. The van der Waals surface area contributed by atoms with Crippen LogP contribution in [0.4, 0.5) is 4.39 Å². The number of likely N-dealkylation sites (N-methyl/N-ethyl adjacent to an activating group) is 1. The van der Waals surface area contributed by atoms with Gasteiger partial charge in [0.1, 0.15) is 17.7 Å². The number of halogens is 2. The van der Waals surface area contributed by atoms with E-state index < -0.39 is 11.4 Å². The van der Waals surface area contributed by atoms with Gasteiger partial charge < -0.3 is 10.5 Å². The number of guanidine groups is 1. The number of nitriles is 1. The highest BCUT2D eigenvalue weighted by molar-refractivity contribution is 6.30. The first kappa shape index (κ1) is 21.9. The van der Waals surface area contributed by atoms with Gasteiger partial charge in [-0.3, -0.25) is 9.69 Å². The van der Waals surface area contributed by atoms with Crippen molar-refractivity contribution in [2.45, 2.75) is 24.5 Å². The fraction of sp³-hybridized carbons (Fsp3) is 0.192. The van der Waals surface area contributed by atoms with Gasteiger partial charge in [-0.05, 0) is 59.2 Å². The van der Waals surface area contributed by atoms with Crippen LogP contribution in [-0.4, -0.2) is 29.9 Å². The predicted molar refractivity (Wildman–Crippen MR) is 127 cm³/mol. The molecule has 1 amide bonds. The monoisotopic (exact) mass is 474 g/mol. The second-order valence-electron chi connectivity index (χ2n) is 8.52. The van der Waals surface area contributed by atoms with Crippen LogP contribution < -0.4 is 10.5 Å². The van der Waals surface area contributed by atoms with Gasteiger partial charge in [-0.2, -0.15) is 5.26 Å². The number of benzene rings is 3. The van der Waals surface area contributed by atoms with Gasteiger partial charge in [0.25, 0.3) is 5.91 Å². The van der Waals surface area contributed by atoms with Gasteiger partial charge in [0.05, 0.1) is 11.6 Å². The molecule has 0 fully saturated rings. The molecule has 0 aromatic heterocycles. The van der Waals surface area contributed by atoms with Gasteiger partial charge >= 0.3 is 0 Å². The molecule has 2 aliphatic heterocycles. The van der Waals surface area contributed by atoms with E-state index in [9.17, 15) is 14.4 Å². The van der Waals surface area contributed by atoms with Crippen LogP contribution in [0.3, 0.4) is 0 Å². The van der Waals surface area contributed by atoms with E-state index in [1.807, 2.05) is 18.2 Å². The summed E-state index contributed by atoms with van der Waals surface area (Å²) in [5, 5.41) is 9.49. The molecule has 0 radical (unpaired) electrons. The highest BCUT2D eigenvalue weighted by Crippen LogP contribution is 2.47. The van der Waals surface area contributed by atoms with E-state index in [2.05, 4.69) is 11.1 Å². The maximum Gasteiger partial charge on any atom is 0.261 e. The Morgan fingerprint density at radius 3 is 2.76 bits per heavy atom. The molecule has 5 rings (SSSR count). The molecule has 2 atom stereocenters. The topological polar surface area (TPSA) is 91.7 Å². The zero-order valence-electron chi connectivity index (χ0n) is 18.3. The molecule has 2 aliphatic rings. The molecule has 0 saturated heterocycles. The molecule has 0 aliphatic carbocycles. The third kappa shape index (κ3) is 3.66. The molecule has 170 valence electrons. The summed E-state index contributed by atoms with van der Waals surface area (Å²) in [6, 6.07) is 19.1. The van der Waals surface area contributed by atoms with Crippen LogP contribution in [0.25, 0.3) is 11.1 Å². The first-order chi connectivity index (χ1) is 16.3. The number of nitrogens with two attached hydrogens (primary N) is 1. The van der Waals surface area contributed by atoms with Crippen molar-refractivity contribution >= 4 is 23.5 Å². The second kappa shape index (κ2) is 8.15. The average molecular weight is 475 g/mol. The summed E-state index contributed by atoms with van der Waals surface area (Å²) >= 11 is 6.06. The summed E-state index contributed by atoms with van der Waals surface area (Å²) in [7, 11) is 1.59. The standard InChI is InChI=1S/C26H20ClFN4O2/c1-32-24(33)26(31-25(32)30)13-21(8-15-3-2-4-16(7-15)14-29)34-23-6-5-17(11-22(23)26)18-9-19(27)12-20(28)10-18/h2-7,9-12,21H,8,13H2,1H3,(H2,30,31)/t21?,26-/m1/s1. The number of fused-ring (bicyclic) bond motifs is 2. The van der Waals surface area contributed by atoms with E-state index in [0.717, 1.165) is 5.56 Å². The fourth-order valence-electron chi connectivity index (χ4n) is 4.67. The quantitative estimate of drug-likeness (QED) is 0.609. The van der Waals surface area contributed by atoms with Crippen molar-refractivity contribution in [3.8, 4) is 22.9 Å². The molecule has 6 nitrogen and oxygen atoms in total. The second-order valence-corrected chi connectivity index (χ2v) is 8.96. The molecule has 2 N–H and O–H groups in total. The highest BCUT2D eigenvalue weighted by Gasteiger charge is 2.53. The molecule has 3 aromatic rings. The lowest BCUT2D eigenvalue weighted by atomic mass is 9.79. The lowest BCUT2D eigenvalue weighted by molar-refractivity contribution is -0.132. The molecule has 3 aromatic carbocycles. The molecule has 1 spiro atoms. The number of aliphatic imine (C=N–C) groups is 1. The summed E-state index contributed by atoms with van der Waals surface area (Å²) in [4.78, 5) is 19.4. The largest absolute Gasteiger partial charge is 0.490 e. The Kier molecular flexibility index (Phi) is 5.26. The third-order valence-corrected chi connectivity index (χ3v) is 6.48. The molecule has 1 unspecified atom stereocenters. The summed E-state index contributed by atoms with van der Waals surface area (Å²) < 4.78 is 20.3. The van der Waals surface area contributed by atoms with E-state index >= 15 is 0 Å². The van der Waals surface area contributed by atoms with Crippen LogP contribution in [-0.2, 0) is 16.8 Å². The summed E-state index contributed by atoms with van der Waals surface area (Å²) in [5.74, 6) is -0.0639. The maximum absolute atomic E-state index is 14.0. The summed E-state index contributed by atoms with van der Waals surface area (Å²) in [6.45, 7) is 0. The van der Waals surface area contributed by atoms with E-state index in [1.54, 1.807) is 37.4 Å². The lowest BCUT2D eigenvalue weighted by Crippen LogP contribution is -2.46. The van der Waals surface area contributed by atoms with Crippen LogP contribution in [0.2, 0.25) is 5.02 Å². The van der Waals surface area contributed by atoms with Crippen LogP contribution in [0.1, 0.15) is 23.1 Å². The van der Waals surface area contributed by atoms with Crippen molar-refractivity contribution in [3.63, 3.8) is 0 Å². The Morgan fingerprint density at radius 1 is 1.24 bits per heavy atom. The number of rotatable bonds is 3. The Labute approximate surface area is 201 Å². The first-order valence-corrected chi connectivity index (χ1v) is 11.1. The van der Waals surface area contributed by atoms with Crippen molar-refractivity contribution in [1.29, 1.82) is 5.26 Å². The number of nitrogens with zero attached hydrogens (tertiary/aromatic N) is 3. The fourth-order valence-corrected chi connectivity index (χ4v) is 4.89. The van der Waals surface area contributed by atoms with E-state index in [-0.39, 0.29) is 29.4 Å². The van der Waals surface area contributed by atoms with Gasteiger partial charge in [0.15, 0.2) is 11.5 Å². The van der Waals surface area contributed by atoms with Crippen LogP contribution in [0, 0.1) is 17.1 Å². The van der Waals surface area contributed by atoms with Gasteiger partial charge in [0, 0.05) is 30.5 Å². The normalized spacial score (nSPS) is 21.1. The Balaban J connectivity index is 1.59. The minimum atomic E-state index is -1.25. The van der Waals surface area contributed by atoms with Crippen LogP contribution in [0.5, 0.6) is 5.75 Å². The van der Waals surface area contributed by atoms with Gasteiger partial charge in [0.2, 0.25) is 0 Å². The maximum atomic E-state index is 14.0. The number of ether oxygens (including phenoxy) is 1. The molecular formula is C26H20ClFN4O2. The average Bonchev–Trinajstić information content (AvgIpc) is 3.02. The third-order valence-electron chi connectivity index (χ3n) is 6.26. The Morgan fingerprint density at radius 2 is 2.06 bits per heavy atom. The van der Waals surface area contributed by atoms with Gasteiger partial charge in [-0.15, -0.1) is 0 Å². The number of carbonyl (C=O) groups is 1. The van der Waals surface area contributed by atoms with Crippen molar-refractivity contribution in [3.05, 3.63) is 88.2 Å². The van der Waals surface area contributed by atoms with E-state index in [4.69, 9.17) is 22.1 Å². The predicted octanol–water partition coefficient (Wildman–Crippen LogP) is 4.39. The van der Waals surface area contributed by atoms with E-state index in [1.165, 1.54) is 17.0 Å². The zero-order valence-corrected chi connectivity index (χ0v) is 19.0. The number of carbonyl (C=O) groups excluding carboxylic acids is 1. The Hall–Kier alpha value is -3.89. The molecule has 0 bridgehead atoms. The minimum Gasteiger partial charge on any atom is -0.490 e. The number of amides is 1. The summed E-state index contributed by atoms with van der Waals surface area (Å²) in [5.41, 5.74) is 8.12. The molecule has 2 heterocycles.